The number of thiophene rings is 2. The number of rotatable bonds is 3. The molecule has 0 fully saturated rings. The van der Waals surface area contributed by atoms with E-state index >= 15 is 0 Å². The minimum atomic E-state index is 0.0908. The first-order chi connectivity index (χ1) is 10.7. The Morgan fingerprint density at radius 1 is 0.955 bits per heavy atom. The van der Waals surface area contributed by atoms with Crippen LogP contribution in [-0.4, -0.2) is 0 Å². The van der Waals surface area contributed by atoms with Gasteiger partial charge < -0.3 is 0 Å². The summed E-state index contributed by atoms with van der Waals surface area (Å²) in [5.74, 6) is 0. The van der Waals surface area contributed by atoms with Crippen molar-refractivity contribution in [2.24, 2.45) is 0 Å². The smallest absolute Gasteiger partial charge is 0.120 e. The average molecular weight is 452 g/mol. The van der Waals surface area contributed by atoms with Crippen LogP contribution < -0.4 is 0 Å². The van der Waals surface area contributed by atoms with E-state index in [0.717, 1.165) is 0 Å². The zero-order valence-electron chi connectivity index (χ0n) is 11.6. The minimum absolute atomic E-state index is 0.0908. The van der Waals surface area contributed by atoms with Gasteiger partial charge in [0.1, 0.15) is 2.75 Å². The highest BCUT2D eigenvalue weighted by Crippen LogP contribution is 2.58. The summed E-state index contributed by atoms with van der Waals surface area (Å²) in [5, 5.41) is 2.62. The summed E-state index contributed by atoms with van der Waals surface area (Å²) in [6.45, 7) is 0. The van der Waals surface area contributed by atoms with Crippen LogP contribution in [-0.2, 0) is 2.75 Å². The van der Waals surface area contributed by atoms with E-state index in [9.17, 15) is 0 Å². The molecule has 1 aliphatic rings. The molecule has 1 aliphatic heterocycles. The molecule has 0 spiro atoms. The standard InChI is InChI=1S/C18H13IS3/c19-18(17-7-4-12-20-17)11-10-16(22-18)15-9-8-14(21-15)13-5-2-1-3-6-13/h1-12,16H. The van der Waals surface area contributed by atoms with Crippen LogP contribution in [0.3, 0.4) is 0 Å². The Kier molecular flexibility index (Phi) is 4.19. The lowest BCUT2D eigenvalue weighted by Gasteiger charge is -2.19. The predicted molar refractivity (Wildman–Crippen MR) is 109 cm³/mol. The Morgan fingerprint density at radius 3 is 2.59 bits per heavy atom. The maximum atomic E-state index is 2.58. The maximum Gasteiger partial charge on any atom is 0.120 e. The lowest BCUT2D eigenvalue weighted by molar-refractivity contribution is 1.27. The van der Waals surface area contributed by atoms with Crippen molar-refractivity contribution in [3.05, 3.63) is 81.9 Å². The molecule has 2 atom stereocenters. The van der Waals surface area contributed by atoms with Crippen molar-refractivity contribution >= 4 is 57.0 Å². The Bertz CT molecular complexity index is 789. The van der Waals surface area contributed by atoms with Gasteiger partial charge in [0, 0.05) is 14.6 Å². The number of benzene rings is 1. The van der Waals surface area contributed by atoms with E-state index in [4.69, 9.17) is 0 Å². The SMILES string of the molecule is IC1(c2cccs2)C=CC(c2ccc(-c3ccccc3)s2)S1. The van der Waals surface area contributed by atoms with Crippen LogP contribution in [0.15, 0.2) is 72.1 Å². The molecular formula is C18H13IS3. The largest absolute Gasteiger partial charge is 0.146 e. The first-order valence-electron chi connectivity index (χ1n) is 7.00. The second-order valence-corrected chi connectivity index (χ2v) is 11.0. The van der Waals surface area contributed by atoms with Crippen LogP contribution in [0.4, 0.5) is 0 Å². The molecule has 3 aromatic rings. The van der Waals surface area contributed by atoms with Crippen molar-refractivity contribution in [2.75, 3.05) is 0 Å². The molecule has 22 heavy (non-hydrogen) atoms. The van der Waals surface area contributed by atoms with Gasteiger partial charge in [-0.1, -0.05) is 71.1 Å². The molecule has 1 aromatic carbocycles. The Labute approximate surface area is 156 Å². The molecule has 2 unspecified atom stereocenters. The lowest BCUT2D eigenvalue weighted by atomic mass is 10.2. The molecule has 0 radical (unpaired) electrons. The van der Waals surface area contributed by atoms with Gasteiger partial charge in [0.25, 0.3) is 0 Å². The van der Waals surface area contributed by atoms with Crippen molar-refractivity contribution in [3.63, 3.8) is 0 Å². The number of thioether (sulfide) groups is 1. The summed E-state index contributed by atoms with van der Waals surface area (Å²) in [7, 11) is 0. The lowest BCUT2D eigenvalue weighted by Crippen LogP contribution is -2.03. The van der Waals surface area contributed by atoms with E-state index in [1.54, 1.807) is 0 Å². The predicted octanol–water partition coefficient (Wildman–Crippen LogP) is 7.11. The Hall–Kier alpha value is -0.560. The summed E-state index contributed by atoms with van der Waals surface area (Å²) in [6.07, 6.45) is 4.72. The molecule has 2 aromatic heterocycles. The summed E-state index contributed by atoms with van der Waals surface area (Å²) in [5.41, 5.74) is 1.31. The minimum Gasteiger partial charge on any atom is -0.146 e. The van der Waals surface area contributed by atoms with Crippen LogP contribution in [0, 0.1) is 0 Å². The topological polar surface area (TPSA) is 0 Å². The number of hydrogen-bond acceptors (Lipinski definition) is 3. The second-order valence-electron chi connectivity index (χ2n) is 5.09. The first kappa shape index (κ1) is 15.0. The van der Waals surface area contributed by atoms with Gasteiger partial charge in [-0.3, -0.25) is 0 Å². The summed E-state index contributed by atoms with van der Waals surface area (Å²) in [6, 6.07) is 19.6. The Balaban J connectivity index is 1.58. The molecule has 0 saturated heterocycles. The Morgan fingerprint density at radius 2 is 1.82 bits per heavy atom. The van der Waals surface area contributed by atoms with Gasteiger partial charge in [0.05, 0.1) is 5.25 Å². The van der Waals surface area contributed by atoms with Crippen LogP contribution in [0.1, 0.15) is 15.0 Å². The highest BCUT2D eigenvalue weighted by atomic mass is 127. The summed E-state index contributed by atoms with van der Waals surface area (Å²) in [4.78, 5) is 4.22. The molecule has 0 bridgehead atoms. The monoisotopic (exact) mass is 452 g/mol. The van der Waals surface area contributed by atoms with E-state index in [1.165, 1.54) is 20.2 Å². The third-order valence-corrected chi connectivity index (χ3v) is 9.54. The fourth-order valence-corrected chi connectivity index (χ4v) is 7.40. The third kappa shape index (κ3) is 2.82. The molecule has 0 nitrogen and oxygen atoms in total. The molecule has 0 saturated carbocycles. The van der Waals surface area contributed by atoms with Crippen LogP contribution in [0.2, 0.25) is 0 Å². The van der Waals surface area contributed by atoms with Gasteiger partial charge in [-0.15, -0.1) is 34.4 Å². The molecule has 4 rings (SSSR count). The van der Waals surface area contributed by atoms with E-state index in [2.05, 4.69) is 94.7 Å². The van der Waals surface area contributed by atoms with Crippen LogP contribution >= 0.6 is 57.0 Å². The highest BCUT2D eigenvalue weighted by Gasteiger charge is 2.36. The zero-order chi connectivity index (χ0) is 15.0. The van der Waals surface area contributed by atoms with Crippen LogP contribution in [0.25, 0.3) is 10.4 Å². The third-order valence-electron chi connectivity index (χ3n) is 3.61. The van der Waals surface area contributed by atoms with Crippen molar-refractivity contribution < 1.29 is 0 Å². The van der Waals surface area contributed by atoms with Crippen molar-refractivity contribution in [1.29, 1.82) is 0 Å². The summed E-state index contributed by atoms with van der Waals surface area (Å²) >= 11 is 8.36. The quantitative estimate of drug-likeness (QED) is 0.232. The van der Waals surface area contributed by atoms with Crippen molar-refractivity contribution in [2.45, 2.75) is 8.00 Å². The van der Waals surface area contributed by atoms with E-state index in [-0.39, 0.29) is 2.75 Å². The van der Waals surface area contributed by atoms with Crippen molar-refractivity contribution in [1.82, 2.24) is 0 Å². The fourth-order valence-electron chi connectivity index (χ4n) is 2.50. The molecule has 3 heterocycles. The van der Waals surface area contributed by atoms with Gasteiger partial charge in [-0.05, 0) is 29.1 Å². The molecule has 4 heteroatoms. The maximum absolute atomic E-state index is 2.58. The van der Waals surface area contributed by atoms with E-state index in [0.29, 0.717) is 5.25 Å². The van der Waals surface area contributed by atoms with E-state index in [1.807, 2.05) is 34.4 Å². The number of alkyl halides is 1. The zero-order valence-corrected chi connectivity index (χ0v) is 16.2. The van der Waals surface area contributed by atoms with Gasteiger partial charge in [-0.25, -0.2) is 0 Å². The van der Waals surface area contributed by atoms with Gasteiger partial charge >= 0.3 is 0 Å². The first-order valence-corrected chi connectivity index (χ1v) is 10.7. The highest BCUT2D eigenvalue weighted by molar-refractivity contribution is 14.1. The molecule has 0 aliphatic carbocycles. The van der Waals surface area contributed by atoms with E-state index < -0.39 is 0 Å². The molecular weight excluding hydrogens is 439 g/mol. The van der Waals surface area contributed by atoms with Gasteiger partial charge in [0.2, 0.25) is 0 Å². The normalized spacial score (nSPS) is 24.0. The number of halogens is 1. The van der Waals surface area contributed by atoms with Crippen molar-refractivity contribution in [3.8, 4) is 10.4 Å². The second kappa shape index (κ2) is 6.15. The summed E-state index contributed by atoms with van der Waals surface area (Å²) < 4.78 is 0.0908. The average Bonchev–Trinajstić information content (AvgIpc) is 3.29. The number of hydrogen-bond donors (Lipinski definition) is 0. The van der Waals surface area contributed by atoms with Gasteiger partial charge in [0.15, 0.2) is 0 Å². The van der Waals surface area contributed by atoms with Gasteiger partial charge in [-0.2, -0.15) is 0 Å². The fraction of sp³-hybridized carbons (Fsp3) is 0.111. The molecule has 0 amide bonds. The molecule has 110 valence electrons. The molecule has 0 N–H and O–H groups in total. The van der Waals surface area contributed by atoms with Crippen LogP contribution in [0.5, 0.6) is 0 Å².